The minimum absolute atomic E-state index is 0. The van der Waals surface area contributed by atoms with E-state index in [-0.39, 0.29) is 24.8 Å². The first-order valence-corrected chi connectivity index (χ1v) is 20.5. The van der Waals surface area contributed by atoms with Crippen LogP contribution in [0, 0.1) is 0 Å². The zero-order chi connectivity index (χ0) is 8.81. The van der Waals surface area contributed by atoms with E-state index in [0.29, 0.717) is 0 Å². The normalized spacial score (nSPS) is 20.5. The summed E-state index contributed by atoms with van der Waals surface area (Å²) in [6.07, 6.45) is 8.01. The van der Waals surface area contributed by atoms with E-state index >= 15 is 0 Å². The molecule has 79 valence electrons. The molecular formula is C10H22Cl2Y. The minimum atomic E-state index is -2.85. The second-order valence-electron chi connectivity index (χ2n) is 8.59. The maximum atomic E-state index is 2.51. The molecule has 0 aliphatic heterocycles. The second kappa shape index (κ2) is 3.63. The third-order valence-electron chi connectivity index (χ3n) is 2.65. The van der Waals surface area contributed by atoms with Crippen molar-refractivity contribution in [3.05, 3.63) is 20.6 Å². The fourth-order valence-electron chi connectivity index (χ4n) is 1.53. The van der Waals surface area contributed by atoms with Crippen LogP contribution in [0.25, 0.3) is 0 Å². The van der Waals surface area contributed by atoms with Crippen molar-refractivity contribution in [2.45, 2.75) is 25.1 Å². The van der Waals surface area contributed by atoms with Gasteiger partial charge in [0.05, 0.1) is 0 Å². The van der Waals surface area contributed by atoms with E-state index < -0.39 is 22.2 Å². The third-order valence-corrected chi connectivity index (χ3v) is 12.8. The van der Waals surface area contributed by atoms with Crippen LogP contribution in [0.15, 0.2) is 20.6 Å². The second-order valence-corrected chi connectivity index (χ2v) is 45.9. The summed E-state index contributed by atoms with van der Waals surface area (Å²) in [6, 6.07) is 0. The van der Waals surface area contributed by atoms with E-state index in [9.17, 15) is 0 Å². The molecule has 3 heteroatoms. The molecule has 0 atom stereocenters. The van der Waals surface area contributed by atoms with Gasteiger partial charge in [0.1, 0.15) is 0 Å². The molecule has 0 radical (unpaired) electrons. The van der Waals surface area contributed by atoms with E-state index in [0.717, 1.165) is 0 Å². The van der Waals surface area contributed by atoms with Gasteiger partial charge in [-0.1, -0.05) is 0 Å². The molecule has 0 amide bonds. The first-order chi connectivity index (χ1) is 4.59. The molecule has 1 rings (SSSR count). The molecule has 0 N–H and O–H groups in total. The molecule has 0 heterocycles. The Balaban J connectivity index is 0. The van der Waals surface area contributed by atoms with Crippen molar-refractivity contribution in [1.29, 1.82) is 0 Å². The fourth-order valence-corrected chi connectivity index (χ4v) is 7.40. The Morgan fingerprint density at radius 1 is 1.00 bits per heavy atom. The Labute approximate surface area is 91.7 Å². The van der Waals surface area contributed by atoms with Crippen molar-refractivity contribution in [1.82, 2.24) is 0 Å². The quantitative estimate of drug-likeness (QED) is 0.629. The molecule has 0 saturated heterocycles. The molecule has 0 spiro atoms. The molecule has 0 aromatic heterocycles. The molecule has 1 aliphatic carbocycles. The third kappa shape index (κ3) is 4.97. The van der Waals surface area contributed by atoms with E-state index in [1.54, 1.807) is 2.38 Å². The Kier molecular flexibility index (Phi) is 4.63. The van der Waals surface area contributed by atoms with Crippen LogP contribution in [-0.2, 0) is 22.2 Å². The van der Waals surface area contributed by atoms with Gasteiger partial charge < -0.3 is 0 Å². The van der Waals surface area contributed by atoms with E-state index in [1.807, 2.05) is 0 Å². The number of rotatable bonds is 1. The van der Waals surface area contributed by atoms with Crippen LogP contribution in [0.1, 0.15) is 6.42 Å². The van der Waals surface area contributed by atoms with Gasteiger partial charge in [0.2, 0.25) is 0 Å². The average Bonchev–Trinajstić information content (AvgIpc) is 2.01. The van der Waals surface area contributed by atoms with Crippen molar-refractivity contribution in [3.8, 4) is 0 Å². The standard InChI is InChI=1S/C5H5.5CH3.2ClH.Y/c1-2-4-5-3-1;;;;;;;;/h1-3H,4H2;5*1H3;2*1H;. The Morgan fingerprint density at radius 2 is 1.46 bits per heavy atom. The Hall–Kier alpha value is 1.16. The van der Waals surface area contributed by atoms with Crippen LogP contribution in [0.3, 0.4) is 0 Å². The number of hydrogen-bond acceptors (Lipinski definition) is 0. The SMILES string of the molecule is Cl.Cl.[CH3][Y]([CH3])([CH3])([CH3])([CH3])[C]1=CC=CC1. The van der Waals surface area contributed by atoms with Crippen LogP contribution in [0.5, 0.6) is 0 Å². The summed E-state index contributed by atoms with van der Waals surface area (Å²) in [5.74, 6) is 0. The molecule has 0 bridgehead atoms. The zero-order valence-corrected chi connectivity index (χ0v) is 13.8. The molecule has 1 aliphatic rings. The van der Waals surface area contributed by atoms with Gasteiger partial charge in [-0.15, -0.1) is 24.8 Å². The van der Waals surface area contributed by atoms with Gasteiger partial charge in [0, 0.05) is 0 Å². The molecule has 0 nitrogen and oxygen atoms in total. The van der Waals surface area contributed by atoms with Gasteiger partial charge in [-0.05, 0) is 0 Å². The summed E-state index contributed by atoms with van der Waals surface area (Å²) in [5.41, 5.74) is 0. The van der Waals surface area contributed by atoms with Gasteiger partial charge in [-0.25, -0.2) is 0 Å². The van der Waals surface area contributed by atoms with E-state index in [4.69, 9.17) is 0 Å². The van der Waals surface area contributed by atoms with Crippen LogP contribution in [-0.4, -0.2) is 0 Å². The summed E-state index contributed by atoms with van der Waals surface area (Å²) >= 11 is -2.85. The monoisotopic (exact) mass is 301 g/mol. The Bertz CT molecular complexity index is 240. The molecule has 0 aromatic rings. The van der Waals surface area contributed by atoms with Gasteiger partial charge in [-0.2, -0.15) is 0 Å². The predicted molar refractivity (Wildman–Crippen MR) is 65.7 cm³/mol. The fraction of sp³-hybridized carbons (Fsp3) is 0.600. The summed E-state index contributed by atoms with van der Waals surface area (Å²) in [6.45, 7) is 0. The average molecular weight is 302 g/mol. The van der Waals surface area contributed by atoms with Gasteiger partial charge >= 0.3 is 67.9 Å². The summed E-state index contributed by atoms with van der Waals surface area (Å²) in [4.78, 5) is 0. The Morgan fingerprint density at radius 3 is 1.62 bits per heavy atom. The molecule has 13 heavy (non-hydrogen) atoms. The molecular weight excluding hydrogens is 280 g/mol. The van der Waals surface area contributed by atoms with Crippen LogP contribution in [0.2, 0.25) is 18.7 Å². The summed E-state index contributed by atoms with van der Waals surface area (Å²) < 4.78 is 14.3. The molecule has 0 aromatic carbocycles. The number of halogens is 2. The maximum absolute atomic E-state index is 2.85. The molecule has 0 saturated carbocycles. The predicted octanol–water partition coefficient (Wildman–Crippen LogP) is 5.14. The summed E-state index contributed by atoms with van der Waals surface area (Å²) in [7, 11) is 0. The number of hydrogen-bond donors (Lipinski definition) is 0. The van der Waals surface area contributed by atoms with Crippen LogP contribution >= 0.6 is 24.8 Å². The van der Waals surface area contributed by atoms with Crippen molar-refractivity contribution >= 4 is 24.8 Å². The van der Waals surface area contributed by atoms with Gasteiger partial charge in [0.15, 0.2) is 0 Å². The van der Waals surface area contributed by atoms with Crippen molar-refractivity contribution in [3.63, 3.8) is 0 Å². The van der Waals surface area contributed by atoms with Crippen molar-refractivity contribution in [2.24, 2.45) is 0 Å². The topological polar surface area (TPSA) is 0 Å². The zero-order valence-electron chi connectivity index (χ0n) is 9.33. The molecule has 0 unspecified atom stereocenters. The van der Waals surface area contributed by atoms with E-state index in [1.165, 1.54) is 6.42 Å². The first kappa shape index (κ1) is 16.6. The van der Waals surface area contributed by atoms with E-state index in [2.05, 4.69) is 36.9 Å². The van der Waals surface area contributed by atoms with Crippen LogP contribution < -0.4 is 0 Å². The van der Waals surface area contributed by atoms with Gasteiger partial charge in [-0.3, -0.25) is 0 Å². The van der Waals surface area contributed by atoms with Crippen molar-refractivity contribution in [2.75, 3.05) is 0 Å². The summed E-state index contributed by atoms with van der Waals surface area (Å²) in [5, 5.41) is 0. The van der Waals surface area contributed by atoms with Crippen molar-refractivity contribution < 1.29 is 22.2 Å². The first-order valence-electron chi connectivity index (χ1n) is 4.89. The number of allylic oxidation sites excluding steroid dienone is 4. The molecule has 0 fully saturated rings. The van der Waals surface area contributed by atoms with Gasteiger partial charge in [0.25, 0.3) is 0 Å². The van der Waals surface area contributed by atoms with Crippen LogP contribution in [0.4, 0.5) is 0 Å².